The summed E-state index contributed by atoms with van der Waals surface area (Å²) in [6.45, 7) is 1.47. The molecule has 4 rings (SSSR count). The second-order valence-corrected chi connectivity index (χ2v) is 9.04. The molecule has 0 spiro atoms. The third-order valence-electron chi connectivity index (χ3n) is 5.90. The van der Waals surface area contributed by atoms with E-state index in [-0.39, 0.29) is 38.7 Å². The van der Waals surface area contributed by atoms with Gasteiger partial charge in [-0.2, -0.15) is 18.4 Å². The third-order valence-corrected chi connectivity index (χ3v) is 6.11. The number of aromatic nitrogens is 1. The van der Waals surface area contributed by atoms with E-state index in [1.165, 1.54) is 25.3 Å². The van der Waals surface area contributed by atoms with Crippen molar-refractivity contribution in [2.45, 2.75) is 19.1 Å². The highest BCUT2D eigenvalue weighted by atomic mass is 35.5. The Morgan fingerprint density at radius 2 is 1.93 bits per heavy atom. The molecule has 1 unspecified atom stereocenters. The number of carboxylic acid groups (broad SMARTS) is 1. The van der Waals surface area contributed by atoms with Gasteiger partial charge in [0, 0.05) is 24.0 Å². The first-order chi connectivity index (χ1) is 19.4. The molecule has 9 nitrogen and oxygen atoms in total. The maximum absolute atomic E-state index is 13.8. The number of anilines is 1. The van der Waals surface area contributed by atoms with E-state index in [4.69, 9.17) is 27.0 Å². The minimum absolute atomic E-state index is 0.0180. The molecule has 208 valence electrons. The number of aromatic carboxylic acids is 1. The summed E-state index contributed by atoms with van der Waals surface area (Å²) < 4.78 is 47.3. The smallest absolute Gasteiger partial charge is 0.416 e. The highest BCUT2D eigenvalue weighted by Crippen LogP contribution is 2.36. The van der Waals surface area contributed by atoms with Gasteiger partial charge in [-0.25, -0.2) is 9.78 Å². The Balaban J connectivity index is 1.84. The van der Waals surface area contributed by atoms with Crippen molar-refractivity contribution in [3.63, 3.8) is 0 Å². The molecule has 0 saturated heterocycles. The van der Waals surface area contributed by atoms with Gasteiger partial charge in [-0.3, -0.25) is 9.79 Å². The summed E-state index contributed by atoms with van der Waals surface area (Å²) in [5.41, 5.74) is 4.20. The molecule has 13 heteroatoms. The van der Waals surface area contributed by atoms with Gasteiger partial charge in [0.2, 0.25) is 0 Å². The lowest BCUT2D eigenvalue weighted by molar-refractivity contribution is -0.137. The van der Waals surface area contributed by atoms with E-state index < -0.39 is 34.9 Å². The fourth-order valence-electron chi connectivity index (χ4n) is 3.89. The van der Waals surface area contributed by atoms with Crippen molar-refractivity contribution in [2.75, 3.05) is 5.32 Å². The fourth-order valence-corrected chi connectivity index (χ4v) is 4.04. The van der Waals surface area contributed by atoms with E-state index in [9.17, 15) is 27.9 Å². The lowest BCUT2D eigenvalue weighted by atomic mass is 9.99. The monoisotopic (exact) mass is 581 g/mol. The molecule has 2 aromatic heterocycles. The van der Waals surface area contributed by atoms with Crippen LogP contribution in [-0.4, -0.2) is 22.3 Å². The van der Waals surface area contributed by atoms with E-state index in [2.05, 4.69) is 15.3 Å². The number of aliphatic imine (C=N–C) groups is 1. The number of nitrogens with one attached hydrogen (secondary N) is 1. The molecule has 0 aliphatic carbocycles. The Hall–Kier alpha value is -5.15. The van der Waals surface area contributed by atoms with Crippen LogP contribution < -0.4 is 16.5 Å². The Morgan fingerprint density at radius 3 is 2.54 bits per heavy atom. The Kier molecular flexibility index (Phi) is 8.11. The van der Waals surface area contributed by atoms with Crippen molar-refractivity contribution in [1.82, 2.24) is 4.98 Å². The van der Waals surface area contributed by atoms with Crippen LogP contribution in [0.2, 0.25) is 5.15 Å². The number of rotatable bonds is 7. The molecule has 4 N–H and O–H groups in total. The maximum Gasteiger partial charge on any atom is 0.416 e. The van der Waals surface area contributed by atoms with Gasteiger partial charge >= 0.3 is 12.1 Å². The van der Waals surface area contributed by atoms with Gasteiger partial charge in [0.25, 0.3) is 0 Å². The molecular formula is C28H19ClF3N5O4. The summed E-state index contributed by atoms with van der Waals surface area (Å²) in [5.74, 6) is -1.49. The highest BCUT2D eigenvalue weighted by molar-refractivity contribution is 6.29. The van der Waals surface area contributed by atoms with Gasteiger partial charge in [-0.1, -0.05) is 11.6 Å². The summed E-state index contributed by atoms with van der Waals surface area (Å²) >= 11 is 5.80. The van der Waals surface area contributed by atoms with E-state index >= 15 is 0 Å². The van der Waals surface area contributed by atoms with Crippen molar-refractivity contribution < 1.29 is 27.5 Å². The Bertz CT molecular complexity index is 1810. The van der Waals surface area contributed by atoms with Gasteiger partial charge in [-0.15, -0.1) is 0 Å². The second kappa shape index (κ2) is 11.5. The molecule has 0 saturated carbocycles. The largest absolute Gasteiger partial charge is 0.476 e. The van der Waals surface area contributed by atoms with Gasteiger partial charge in [0.1, 0.15) is 16.5 Å². The van der Waals surface area contributed by atoms with Gasteiger partial charge in [-0.05, 0) is 55.5 Å². The molecule has 0 bridgehead atoms. The quantitative estimate of drug-likeness (QED) is 0.169. The number of carboxylic acids is 1. The molecule has 4 aromatic rings. The van der Waals surface area contributed by atoms with Crippen LogP contribution in [0, 0.1) is 11.3 Å². The summed E-state index contributed by atoms with van der Waals surface area (Å²) in [5, 5.41) is 20.8. The molecule has 1 atom stereocenters. The standard InChI is InChI=1S/C28H19ClF3N5O4/c1-14(36-21-6-7-24(29)37-25(21)27(39)40)19-8-17(28(30,31)32)9-20-22(38)10-23(41-26(19)20)16(12-34)13-35-18-4-2-15(11-33)3-5-18/h2-10,12-14,36H,34H2,1H3,(H,39,40)/b16-12+,35-13?. The third kappa shape index (κ3) is 6.37. The zero-order chi connectivity index (χ0) is 29.9. The van der Waals surface area contributed by atoms with Gasteiger partial charge in [0.05, 0.1) is 45.6 Å². The van der Waals surface area contributed by atoms with Crippen LogP contribution in [0.25, 0.3) is 16.5 Å². The number of nitrogens with two attached hydrogens (primary N) is 1. The van der Waals surface area contributed by atoms with Crippen LogP contribution in [0.1, 0.15) is 45.9 Å². The molecule has 2 heterocycles. The first-order valence-corrected chi connectivity index (χ1v) is 12.1. The predicted octanol–water partition coefficient (Wildman–Crippen LogP) is 6.31. The van der Waals surface area contributed by atoms with Gasteiger partial charge in [0.15, 0.2) is 11.1 Å². The van der Waals surface area contributed by atoms with E-state index in [0.29, 0.717) is 17.3 Å². The summed E-state index contributed by atoms with van der Waals surface area (Å²) in [4.78, 5) is 32.7. The molecule has 0 amide bonds. The topological polar surface area (TPSA) is 155 Å². The minimum Gasteiger partial charge on any atom is -0.476 e. The first kappa shape index (κ1) is 28.8. The van der Waals surface area contributed by atoms with E-state index in [0.717, 1.165) is 18.3 Å². The molecule has 0 fully saturated rings. The van der Waals surface area contributed by atoms with Crippen molar-refractivity contribution in [2.24, 2.45) is 10.7 Å². The van der Waals surface area contributed by atoms with Crippen LogP contribution >= 0.6 is 11.6 Å². The number of fused-ring (bicyclic) bond motifs is 1. The average Bonchev–Trinajstić information content (AvgIpc) is 2.93. The number of benzene rings is 2. The Morgan fingerprint density at radius 1 is 1.22 bits per heavy atom. The zero-order valence-electron chi connectivity index (χ0n) is 21.0. The molecule has 0 aliphatic rings. The number of halogens is 4. The van der Waals surface area contributed by atoms with Crippen molar-refractivity contribution in [1.29, 1.82) is 5.26 Å². The number of pyridine rings is 1. The molecule has 41 heavy (non-hydrogen) atoms. The number of hydrogen-bond donors (Lipinski definition) is 3. The molecule has 0 radical (unpaired) electrons. The van der Waals surface area contributed by atoms with Crippen LogP contribution in [0.3, 0.4) is 0 Å². The number of alkyl halides is 3. The van der Waals surface area contributed by atoms with E-state index in [1.807, 2.05) is 6.07 Å². The second-order valence-electron chi connectivity index (χ2n) is 8.66. The highest BCUT2D eigenvalue weighted by Gasteiger charge is 2.33. The first-order valence-electron chi connectivity index (χ1n) is 11.7. The summed E-state index contributed by atoms with van der Waals surface area (Å²) in [6, 6.07) is 12.4. The van der Waals surface area contributed by atoms with E-state index in [1.54, 1.807) is 24.3 Å². The van der Waals surface area contributed by atoms with Crippen LogP contribution in [0.5, 0.6) is 0 Å². The molecular weight excluding hydrogens is 563 g/mol. The molecule has 2 aromatic carbocycles. The van der Waals surface area contributed by atoms with Crippen molar-refractivity contribution in [3.05, 3.63) is 104 Å². The zero-order valence-corrected chi connectivity index (χ0v) is 21.8. The fraction of sp³-hybridized carbons (Fsp3) is 0.107. The van der Waals surface area contributed by atoms with Gasteiger partial charge < -0.3 is 20.6 Å². The van der Waals surface area contributed by atoms with Crippen molar-refractivity contribution >= 4 is 51.7 Å². The number of carbonyl (C=O) groups is 1. The number of nitriles is 1. The lowest BCUT2D eigenvalue weighted by Gasteiger charge is -2.20. The van der Waals surface area contributed by atoms with Crippen LogP contribution in [-0.2, 0) is 6.18 Å². The van der Waals surface area contributed by atoms with Crippen molar-refractivity contribution in [3.8, 4) is 6.07 Å². The number of nitrogens with zero attached hydrogens (tertiary/aromatic N) is 3. The minimum atomic E-state index is -4.79. The summed E-state index contributed by atoms with van der Waals surface area (Å²) in [6.07, 6.45) is -2.38. The Labute approximate surface area is 235 Å². The van der Waals surface area contributed by atoms with Crippen LogP contribution in [0.15, 0.2) is 75.0 Å². The predicted molar refractivity (Wildman–Crippen MR) is 147 cm³/mol. The van der Waals surface area contributed by atoms with Crippen LogP contribution in [0.4, 0.5) is 24.5 Å². The number of allylic oxidation sites excluding steroid dienone is 1. The number of hydrogen-bond acceptors (Lipinski definition) is 8. The summed E-state index contributed by atoms with van der Waals surface area (Å²) in [7, 11) is 0. The SMILES string of the molecule is CC(Nc1ccc(Cl)nc1C(=O)O)c1cc(C(F)(F)F)cc2c(=O)cc(/C(C=Nc3ccc(C#N)cc3)=C/N)oc12. The molecule has 0 aliphatic heterocycles. The average molecular weight is 582 g/mol. The maximum atomic E-state index is 13.8. The lowest BCUT2D eigenvalue weighted by Crippen LogP contribution is -2.16. The normalized spacial score (nSPS) is 12.8.